The minimum Gasteiger partial charge on any atom is -0.458 e. The third-order valence-corrected chi connectivity index (χ3v) is 11.7. The fraction of sp³-hybridized carbons (Fsp3) is 0.143. The Labute approximate surface area is 496 Å². The standard InChI is InChI=1S/C70H60N4O/c1-46-18-15-19-47(2)67(46)52-31-37-63-65(41-52)73(68-58(49-20-11-9-12-21-49)26-17-27-59(68)50-22-13-10-14-23-50)45-72(63)55-24-16-25-56(43-55)75-57-34-35-60-61-40-51(48-28-32-53(33-29-48)69(3,4)5)30-36-62(61)74(64(60)44-57)66-42-54(38-39-71-66)70(6,7)8/h9-44H,1-8H3/i1D3,2D3,9D,10D,11D,12D,13D,14D,15D,16D,17D,18D,19D,20D,21D,22D,23D,24D,25D,26D,27D,28D,29D,30D,31D,32D,33D,34D,35D,36D,37D,38D,39D,40D,41D,42D. The van der Waals surface area contributed by atoms with E-state index in [1.807, 2.05) is 0 Å². The first kappa shape index (κ1) is 20.5. The highest BCUT2D eigenvalue weighted by atomic mass is 16.5. The van der Waals surface area contributed by atoms with Gasteiger partial charge in [0.05, 0.1) is 80.0 Å². The molecule has 0 radical (unpaired) electrons. The fourth-order valence-electron chi connectivity index (χ4n) is 8.07. The molecular formula is C70H60N4O. The summed E-state index contributed by atoms with van der Waals surface area (Å²) < 4.78 is 378. The second kappa shape index (κ2) is 18.6. The van der Waals surface area contributed by atoms with Gasteiger partial charge in [-0.05, 0) is 152 Å². The Hall–Kier alpha value is -8.80. The molecule has 5 heteroatoms. The Morgan fingerprint density at radius 1 is 0.507 bits per heavy atom. The third kappa shape index (κ3) is 8.78. The zero-order valence-corrected chi connectivity index (χ0v) is 40.4. The molecule has 0 atom stereocenters. The molecule has 0 aliphatic heterocycles. The molecule has 0 amide bonds. The Balaban J connectivity index is 1.27. The zero-order valence-electron chi connectivity index (χ0n) is 80.4. The topological polar surface area (TPSA) is 35.9 Å². The first-order valence-corrected chi connectivity index (χ1v) is 22.8. The summed E-state index contributed by atoms with van der Waals surface area (Å²) in [4.78, 5) is 4.31. The molecule has 0 saturated carbocycles. The quantitative estimate of drug-likeness (QED) is 0.107. The predicted octanol–water partition coefficient (Wildman–Crippen LogP) is 17.9. The van der Waals surface area contributed by atoms with E-state index in [0.29, 0.717) is 15.2 Å². The van der Waals surface area contributed by atoms with Crippen molar-refractivity contribution in [3.05, 3.63) is 246 Å². The van der Waals surface area contributed by atoms with Crippen LogP contribution in [-0.4, -0.2) is 14.1 Å². The van der Waals surface area contributed by atoms with E-state index in [4.69, 9.17) is 30.8 Å². The summed E-state index contributed by atoms with van der Waals surface area (Å²) in [6, 6.07) is -33.3. The van der Waals surface area contributed by atoms with Gasteiger partial charge < -0.3 is 4.74 Å². The van der Waals surface area contributed by atoms with Crippen LogP contribution in [0.3, 0.4) is 0 Å². The van der Waals surface area contributed by atoms with Gasteiger partial charge in [0, 0.05) is 31.2 Å². The van der Waals surface area contributed by atoms with E-state index < -0.39 is 347 Å². The van der Waals surface area contributed by atoms with Gasteiger partial charge in [-0.2, -0.15) is 0 Å². The van der Waals surface area contributed by atoms with Crippen molar-refractivity contribution < 1.29 is 64.1 Å². The Kier molecular flexibility index (Phi) is 5.08. The molecular weight excluding hydrogens is 913 g/mol. The van der Waals surface area contributed by atoms with Gasteiger partial charge in [-0.15, -0.1) is 0 Å². The van der Waals surface area contributed by atoms with Crippen LogP contribution >= 0.6 is 0 Å². The lowest BCUT2D eigenvalue weighted by Crippen LogP contribution is -2.31. The average molecular weight is 1010 g/mol. The lowest BCUT2D eigenvalue weighted by molar-refractivity contribution is -0.571. The second-order valence-electron chi connectivity index (χ2n) is 18.8. The highest BCUT2D eigenvalue weighted by Gasteiger charge is 2.23. The van der Waals surface area contributed by atoms with E-state index in [1.165, 1.54) is 0 Å². The van der Waals surface area contributed by atoms with Crippen LogP contribution < -0.4 is 9.30 Å². The van der Waals surface area contributed by atoms with Crippen LogP contribution in [0.1, 0.15) is 119 Å². The van der Waals surface area contributed by atoms with Gasteiger partial charge in [0.1, 0.15) is 17.3 Å². The summed E-state index contributed by atoms with van der Waals surface area (Å²) in [6.07, 6.45) is 1.88. The molecule has 0 unspecified atom stereocenters. The maximum absolute atomic E-state index is 10.4. The van der Waals surface area contributed by atoms with Crippen LogP contribution in [0.5, 0.6) is 11.5 Å². The molecule has 75 heavy (non-hydrogen) atoms. The fourth-order valence-corrected chi connectivity index (χ4v) is 8.07. The van der Waals surface area contributed by atoms with Crippen molar-refractivity contribution in [3.8, 4) is 73.2 Å². The van der Waals surface area contributed by atoms with E-state index in [1.54, 1.807) is 41.5 Å². The van der Waals surface area contributed by atoms with E-state index in [2.05, 4.69) is 11.3 Å². The van der Waals surface area contributed by atoms with E-state index in [0.717, 1.165) is 10.6 Å². The smallest absolute Gasteiger partial charge is 0.269 e. The molecule has 0 aliphatic carbocycles. The van der Waals surface area contributed by atoms with Crippen LogP contribution in [0.4, 0.5) is 0 Å². The van der Waals surface area contributed by atoms with Gasteiger partial charge in [0.2, 0.25) is 0 Å². The normalized spacial score (nSPS) is 19.9. The van der Waals surface area contributed by atoms with Crippen molar-refractivity contribution in [2.75, 3.05) is 0 Å². The minimum absolute atomic E-state index is 0.0418. The Bertz CT molecular complexity index is 6190. The van der Waals surface area contributed by atoms with Crippen molar-refractivity contribution >= 4 is 32.8 Å². The number of fused-ring (bicyclic) bond motifs is 4. The van der Waals surface area contributed by atoms with Crippen LogP contribution in [0, 0.1) is 20.0 Å². The highest BCUT2D eigenvalue weighted by molar-refractivity contribution is 6.10. The number of imidazole rings is 1. The summed E-state index contributed by atoms with van der Waals surface area (Å²) in [5, 5.41) is -0.985. The summed E-state index contributed by atoms with van der Waals surface area (Å²) in [7, 11) is 0. The molecule has 0 bridgehead atoms. The Morgan fingerprint density at radius 3 is 1.81 bits per heavy atom. The van der Waals surface area contributed by atoms with Crippen molar-refractivity contribution in [1.82, 2.24) is 14.1 Å². The molecule has 0 aliphatic rings. The van der Waals surface area contributed by atoms with Gasteiger partial charge in [0.15, 0.2) is 0 Å². The van der Waals surface area contributed by atoms with Gasteiger partial charge in [-0.1, -0.05) is 187 Å². The molecule has 12 aromatic rings. The molecule has 9 aromatic carbocycles. The number of nitrogens with zero attached hydrogens (tertiary/aromatic N) is 4. The van der Waals surface area contributed by atoms with Crippen LogP contribution in [0.2, 0.25) is 0 Å². The van der Waals surface area contributed by atoms with Crippen LogP contribution in [0.15, 0.2) is 218 Å². The zero-order chi connectivity index (χ0) is 86.2. The van der Waals surface area contributed by atoms with Crippen molar-refractivity contribution in [2.45, 2.75) is 66.1 Å². The lowest BCUT2D eigenvalue weighted by atomic mass is 9.86. The lowest BCUT2D eigenvalue weighted by Gasteiger charge is -2.20. The molecule has 12 rings (SSSR count). The SMILES string of the molecule is [2H]c1nc(-n2c3cc(Oc4cc(-n5[c-][n+](-c6c(-c7c([2H])c([2H])c([2H])c([2H])c7[2H])c([2H])c([2H])c([2H])c6-c6c([2H])c([2H])c([2H])c([2H])c6[2H])c6c([2H])c(-c7c(C([2H])([2H])[2H])c([2H])c([2H])c([2H])c7C([2H])([2H])[2H])c([2H])c([2H])c65)c([2H])c([2H])c4[2H])c([2H])c([2H])c3c3c([2H])c(-c4c([2H])c([2H])c(C(C)(C)C)c([2H])c4[2H])c([2H])c([2H])c32)c([2H])c(C(C)(C)C)c1[2H]. The van der Waals surface area contributed by atoms with Gasteiger partial charge >= 0.3 is 0 Å². The number of benzene rings is 9. The molecule has 0 N–H and O–H groups in total. The predicted molar refractivity (Wildman–Crippen MR) is 311 cm³/mol. The Morgan fingerprint density at radius 2 is 1.13 bits per heavy atom. The molecule has 3 aromatic heterocycles. The summed E-state index contributed by atoms with van der Waals surface area (Å²) >= 11 is 0. The van der Waals surface area contributed by atoms with Crippen LogP contribution in [-0.2, 0) is 10.8 Å². The first-order valence-electron chi connectivity index (χ1n) is 42.8. The monoisotopic (exact) mass is 1010 g/mol. The molecule has 0 fully saturated rings. The number of aromatic nitrogens is 4. The van der Waals surface area contributed by atoms with Gasteiger partial charge in [-0.3, -0.25) is 13.7 Å². The molecule has 366 valence electrons. The van der Waals surface area contributed by atoms with Gasteiger partial charge in [-0.25, -0.2) is 4.98 Å². The molecule has 3 heterocycles. The third-order valence-electron chi connectivity index (χ3n) is 11.7. The number of hydrogen-bond acceptors (Lipinski definition) is 2. The number of hydrogen-bond donors (Lipinski definition) is 0. The molecule has 0 spiro atoms. The van der Waals surface area contributed by atoms with E-state index >= 15 is 0 Å². The first-order chi connectivity index (χ1) is 52.9. The number of para-hydroxylation sites is 1. The van der Waals surface area contributed by atoms with Crippen molar-refractivity contribution in [2.24, 2.45) is 0 Å². The summed E-state index contributed by atoms with van der Waals surface area (Å²) in [5.41, 5.74) is -18.5. The van der Waals surface area contributed by atoms with Crippen LogP contribution in [0.25, 0.3) is 94.5 Å². The highest BCUT2D eigenvalue weighted by Crippen LogP contribution is 2.40. The molecule has 0 saturated heterocycles. The van der Waals surface area contributed by atoms with E-state index in [9.17, 15) is 28.8 Å². The largest absolute Gasteiger partial charge is 0.458 e. The maximum atomic E-state index is 10.4. The van der Waals surface area contributed by atoms with Crippen molar-refractivity contribution in [1.29, 1.82) is 0 Å². The van der Waals surface area contributed by atoms with Gasteiger partial charge in [0.25, 0.3) is 6.33 Å². The second-order valence-corrected chi connectivity index (χ2v) is 18.8. The number of pyridine rings is 1. The average Bonchev–Trinajstić information content (AvgIpc) is 1.66. The molecule has 5 nitrogen and oxygen atoms in total. The van der Waals surface area contributed by atoms with E-state index in [-0.39, 0.29) is 11.1 Å². The van der Waals surface area contributed by atoms with Crippen molar-refractivity contribution in [3.63, 3.8) is 0 Å². The number of ether oxygens (including phenoxy) is 1. The number of rotatable bonds is 9. The summed E-state index contributed by atoms with van der Waals surface area (Å²) in [6.45, 7) is 2.24. The minimum atomic E-state index is -3.73. The summed E-state index contributed by atoms with van der Waals surface area (Å²) in [5.74, 6) is -2.36. The maximum Gasteiger partial charge on any atom is 0.269 e.